The number of halogens is 5. The van der Waals surface area contributed by atoms with Gasteiger partial charge in [-0.15, -0.1) is 10.2 Å². The van der Waals surface area contributed by atoms with Crippen LogP contribution in [0.2, 0.25) is 0 Å². The number of aliphatic hydroxyl groups is 1. The number of methoxy groups -OCH3 is 1. The number of hydrogen-bond acceptors (Lipinski definition) is 8. The number of likely N-dealkylation sites (tertiary alicyclic amines) is 1. The summed E-state index contributed by atoms with van der Waals surface area (Å²) in [6.45, 7) is -2.62. The summed E-state index contributed by atoms with van der Waals surface area (Å²) in [6, 6.07) is 2.77. The lowest BCUT2D eigenvalue weighted by atomic mass is 10.0. The number of alkyl halides is 4. The van der Waals surface area contributed by atoms with Gasteiger partial charge in [0, 0.05) is 6.54 Å². The highest BCUT2D eigenvalue weighted by molar-refractivity contribution is 5.89. The number of ether oxygens (including phenoxy) is 1. The molecule has 4 heterocycles. The molecular formula is C22H21F5N8O3. The first kappa shape index (κ1) is 24.3. The van der Waals surface area contributed by atoms with Gasteiger partial charge in [0.25, 0.3) is 12.3 Å². The third-order valence-corrected chi connectivity index (χ3v) is 6.17. The Hall–Kier alpha value is -4.08. The first-order valence-electron chi connectivity index (χ1n) is 11.8. The largest absolute Gasteiger partial charge is 0.479 e. The van der Waals surface area contributed by atoms with Gasteiger partial charge in [-0.25, -0.2) is 31.1 Å². The zero-order valence-corrected chi connectivity index (χ0v) is 19.7. The highest BCUT2D eigenvalue weighted by Gasteiger charge is 2.46. The summed E-state index contributed by atoms with van der Waals surface area (Å²) in [5, 5.41) is 23.0. The molecule has 5 rings (SSSR count). The van der Waals surface area contributed by atoms with Gasteiger partial charge in [-0.1, -0.05) is 11.3 Å². The number of piperidine rings is 1. The van der Waals surface area contributed by atoms with E-state index in [4.69, 9.17) is 11.2 Å². The van der Waals surface area contributed by atoms with E-state index in [0.29, 0.717) is 0 Å². The van der Waals surface area contributed by atoms with Crippen molar-refractivity contribution in [3.63, 3.8) is 0 Å². The van der Waals surface area contributed by atoms with Crippen molar-refractivity contribution in [3.8, 4) is 17.0 Å². The number of benzene rings is 1. The number of nitrogens with one attached hydrogen (secondary N) is 1. The maximum atomic E-state index is 15.4. The van der Waals surface area contributed by atoms with Crippen LogP contribution < -0.4 is 10.1 Å². The van der Waals surface area contributed by atoms with E-state index in [1.54, 1.807) is 0 Å². The van der Waals surface area contributed by atoms with E-state index in [9.17, 15) is 22.4 Å². The Morgan fingerprint density at radius 2 is 2.18 bits per heavy atom. The van der Waals surface area contributed by atoms with Crippen LogP contribution in [0.4, 0.5) is 27.9 Å². The van der Waals surface area contributed by atoms with Crippen molar-refractivity contribution in [2.24, 2.45) is 0 Å². The standard InChI is InChI=1S/C22H21F5N8O3/c1-38-20-19-18(11-2-3-13-14(6-11)34(32-30-13)8-16(24)25)12(23)7-35(19)31-21(29-20)28-15-4-5-33(17(37)9-36)10-22(15,26)27/h2-3,6-7,15-16,36H,4-5,8-10H2,1H3,(H,28,31)/t15-/m1/s1/i7D. The number of amides is 1. The maximum absolute atomic E-state index is 15.4. The molecule has 0 radical (unpaired) electrons. The summed E-state index contributed by atoms with van der Waals surface area (Å²) in [7, 11) is 1.21. The first-order chi connectivity index (χ1) is 18.5. The fourth-order valence-corrected chi connectivity index (χ4v) is 4.39. The Labute approximate surface area is 212 Å². The Bertz CT molecular complexity index is 1560. The van der Waals surface area contributed by atoms with Crippen molar-refractivity contribution < 1.29 is 38.0 Å². The number of hydrogen-bond donors (Lipinski definition) is 2. The molecule has 3 aromatic heterocycles. The fraction of sp³-hybridized carbons (Fsp3) is 0.409. The monoisotopic (exact) mass is 541 g/mol. The van der Waals surface area contributed by atoms with Crippen LogP contribution in [0.5, 0.6) is 5.88 Å². The van der Waals surface area contributed by atoms with E-state index in [1.165, 1.54) is 25.3 Å². The van der Waals surface area contributed by atoms with Gasteiger partial charge < -0.3 is 20.1 Å². The predicted octanol–water partition coefficient (Wildman–Crippen LogP) is 2.19. The molecular weight excluding hydrogens is 519 g/mol. The van der Waals surface area contributed by atoms with Crippen LogP contribution in [-0.4, -0.2) is 90.7 Å². The average molecular weight is 541 g/mol. The van der Waals surface area contributed by atoms with Gasteiger partial charge in [-0.2, -0.15) is 4.98 Å². The lowest BCUT2D eigenvalue weighted by molar-refractivity contribution is -0.145. The summed E-state index contributed by atoms with van der Waals surface area (Å²) in [5.41, 5.74) is 0.398. The zero-order chi connectivity index (χ0) is 28.1. The molecule has 1 aliphatic rings. The van der Waals surface area contributed by atoms with Crippen LogP contribution in [0.1, 0.15) is 7.79 Å². The van der Waals surface area contributed by atoms with Crippen LogP contribution in [-0.2, 0) is 11.3 Å². The van der Waals surface area contributed by atoms with Gasteiger partial charge >= 0.3 is 0 Å². The fourth-order valence-electron chi connectivity index (χ4n) is 4.39. The van der Waals surface area contributed by atoms with Crippen molar-refractivity contribution in [1.82, 2.24) is 34.5 Å². The summed E-state index contributed by atoms with van der Waals surface area (Å²) in [5.74, 6) is -5.90. The quantitative estimate of drug-likeness (QED) is 0.342. The molecule has 1 amide bonds. The minimum absolute atomic E-state index is 0.0580. The van der Waals surface area contributed by atoms with Gasteiger partial charge in [-0.3, -0.25) is 4.79 Å². The van der Waals surface area contributed by atoms with E-state index in [1.807, 2.05) is 0 Å². The number of nitrogens with zero attached hydrogens (tertiary/aromatic N) is 7. The molecule has 202 valence electrons. The van der Waals surface area contributed by atoms with E-state index in [-0.39, 0.29) is 52.5 Å². The summed E-state index contributed by atoms with van der Waals surface area (Å²) >= 11 is 0. The Kier molecular flexibility index (Phi) is 6.17. The lowest BCUT2D eigenvalue weighted by Crippen LogP contribution is -2.56. The Morgan fingerprint density at radius 1 is 1.39 bits per heavy atom. The number of carbonyl (C=O) groups is 1. The number of fused-ring (bicyclic) bond motifs is 2. The number of anilines is 1. The van der Waals surface area contributed by atoms with Crippen molar-refractivity contribution in [2.75, 3.05) is 32.1 Å². The van der Waals surface area contributed by atoms with Gasteiger partial charge in [0.15, 0.2) is 5.82 Å². The number of carbonyl (C=O) groups excluding carboxylic acids is 1. The number of aliphatic hydroxyl groups excluding tert-OH is 1. The highest BCUT2D eigenvalue weighted by atomic mass is 19.3. The number of aromatic nitrogens is 6. The van der Waals surface area contributed by atoms with Crippen LogP contribution >= 0.6 is 0 Å². The topological polar surface area (TPSA) is 123 Å². The van der Waals surface area contributed by atoms with Gasteiger partial charge in [0.2, 0.25) is 17.7 Å². The third kappa shape index (κ3) is 4.55. The van der Waals surface area contributed by atoms with Gasteiger partial charge in [0.05, 0.1) is 38.3 Å². The second-order valence-electron chi connectivity index (χ2n) is 8.59. The van der Waals surface area contributed by atoms with Crippen LogP contribution in [0.25, 0.3) is 27.7 Å². The molecule has 1 aromatic carbocycles. The minimum Gasteiger partial charge on any atom is -0.479 e. The highest BCUT2D eigenvalue weighted by Crippen LogP contribution is 2.36. The van der Waals surface area contributed by atoms with Crippen LogP contribution in [0, 0.1) is 5.82 Å². The molecule has 1 aliphatic heterocycles. The molecule has 0 bridgehead atoms. The SMILES string of the molecule is [2H]c1c(F)c(-c2ccc3nnn(CC(F)F)c3c2)c2c(OC)nc(N[C@@H]3CCN(C(=O)CO)CC3(F)F)nn12. The van der Waals surface area contributed by atoms with Crippen LogP contribution in [0.15, 0.2) is 24.4 Å². The third-order valence-electron chi connectivity index (χ3n) is 6.17. The van der Waals surface area contributed by atoms with Gasteiger partial charge in [-0.05, 0) is 24.1 Å². The molecule has 11 nitrogen and oxygen atoms in total. The van der Waals surface area contributed by atoms with Crippen molar-refractivity contribution in [3.05, 3.63) is 30.2 Å². The zero-order valence-electron chi connectivity index (χ0n) is 20.7. The smallest absolute Gasteiger partial charge is 0.285 e. The normalized spacial score (nSPS) is 17.8. The summed E-state index contributed by atoms with van der Waals surface area (Å²) in [4.78, 5) is 16.6. The number of rotatable bonds is 7. The summed E-state index contributed by atoms with van der Waals surface area (Å²) < 4.78 is 86.3. The van der Waals surface area contributed by atoms with Crippen molar-refractivity contribution in [2.45, 2.75) is 31.4 Å². The average Bonchev–Trinajstić information content (AvgIpc) is 3.41. The molecule has 0 spiro atoms. The molecule has 1 atom stereocenters. The molecule has 0 saturated carbocycles. The molecule has 1 saturated heterocycles. The molecule has 4 aromatic rings. The van der Waals surface area contributed by atoms with Crippen molar-refractivity contribution >= 4 is 28.4 Å². The van der Waals surface area contributed by atoms with Gasteiger partial charge in [0.1, 0.15) is 24.2 Å². The second-order valence-corrected chi connectivity index (χ2v) is 8.59. The molecule has 2 N–H and O–H groups in total. The Balaban J connectivity index is 1.54. The molecule has 1 fully saturated rings. The lowest BCUT2D eigenvalue weighted by Gasteiger charge is -2.38. The van der Waals surface area contributed by atoms with Crippen LogP contribution in [0.3, 0.4) is 0 Å². The molecule has 38 heavy (non-hydrogen) atoms. The van der Waals surface area contributed by atoms with E-state index in [0.717, 1.165) is 14.1 Å². The van der Waals surface area contributed by atoms with E-state index in [2.05, 4.69) is 25.7 Å². The second kappa shape index (κ2) is 9.66. The molecule has 0 aliphatic carbocycles. The van der Waals surface area contributed by atoms with E-state index >= 15 is 4.39 Å². The van der Waals surface area contributed by atoms with E-state index < -0.39 is 56.0 Å². The minimum atomic E-state index is -3.42. The molecule has 0 unspecified atom stereocenters. The summed E-state index contributed by atoms with van der Waals surface area (Å²) in [6.07, 6.45) is -3.64. The predicted molar refractivity (Wildman–Crippen MR) is 123 cm³/mol. The van der Waals surface area contributed by atoms with Crippen molar-refractivity contribution in [1.29, 1.82) is 0 Å². The first-order valence-corrected chi connectivity index (χ1v) is 11.3. The Morgan fingerprint density at radius 3 is 2.87 bits per heavy atom. The molecule has 16 heteroatoms. The maximum Gasteiger partial charge on any atom is 0.285 e.